The lowest BCUT2D eigenvalue weighted by Crippen LogP contribution is -2.53. The molecule has 0 saturated carbocycles. The Morgan fingerprint density at radius 3 is 2.25 bits per heavy atom. The first-order valence-corrected chi connectivity index (χ1v) is 10.1. The zero-order valence-corrected chi connectivity index (χ0v) is 12.0. The Morgan fingerprint density at radius 1 is 1.06 bits per heavy atom. The predicted octanol–water partition coefficient (Wildman–Crippen LogP) is 3.48. The molecule has 1 aromatic carbocycles. The molecule has 2 heteroatoms. The van der Waals surface area contributed by atoms with E-state index < -0.39 is 8.07 Å². The maximum Gasteiger partial charge on any atom is 0.110 e. The predicted molar refractivity (Wildman–Crippen MR) is 74.1 cm³/mol. The SMILES string of the molecule is C[Si](C)(C)CCCCC([NH3+])c1ccccc1. The van der Waals surface area contributed by atoms with Crippen molar-refractivity contribution in [2.75, 3.05) is 0 Å². The summed E-state index contributed by atoms with van der Waals surface area (Å²) in [5, 5.41) is 0. The van der Waals surface area contributed by atoms with E-state index in [1.54, 1.807) is 0 Å². The van der Waals surface area contributed by atoms with Gasteiger partial charge in [0.1, 0.15) is 6.04 Å². The van der Waals surface area contributed by atoms with Crippen LogP contribution in [0.15, 0.2) is 30.3 Å². The molecular weight excluding hydrogens is 210 g/mol. The van der Waals surface area contributed by atoms with Crippen LogP contribution >= 0.6 is 0 Å². The standard InChI is InChI=1S/C14H25NSi/c1-16(2,3)12-8-7-11-14(15)13-9-5-4-6-10-13/h4-6,9-10,14H,7-8,11-12,15H2,1-3H3/p+1. The molecule has 16 heavy (non-hydrogen) atoms. The smallest absolute Gasteiger partial charge is 0.110 e. The van der Waals surface area contributed by atoms with Gasteiger partial charge < -0.3 is 5.73 Å². The van der Waals surface area contributed by atoms with Gasteiger partial charge in [-0.3, -0.25) is 0 Å². The lowest BCUT2D eigenvalue weighted by atomic mass is 10.0. The van der Waals surface area contributed by atoms with Crippen LogP contribution < -0.4 is 5.73 Å². The highest BCUT2D eigenvalue weighted by Gasteiger charge is 2.13. The van der Waals surface area contributed by atoms with Gasteiger partial charge in [0.25, 0.3) is 0 Å². The van der Waals surface area contributed by atoms with Crippen LogP contribution in [0.25, 0.3) is 0 Å². The van der Waals surface area contributed by atoms with Crippen molar-refractivity contribution in [2.24, 2.45) is 0 Å². The van der Waals surface area contributed by atoms with Gasteiger partial charge in [-0.25, -0.2) is 0 Å². The molecule has 1 aromatic rings. The Hall–Kier alpha value is -0.603. The van der Waals surface area contributed by atoms with Crippen molar-refractivity contribution in [3.05, 3.63) is 35.9 Å². The van der Waals surface area contributed by atoms with Crippen LogP contribution in [0.4, 0.5) is 0 Å². The number of quaternary nitrogens is 1. The summed E-state index contributed by atoms with van der Waals surface area (Å²) in [5.41, 5.74) is 5.64. The average molecular weight is 236 g/mol. The zero-order chi connectivity index (χ0) is 12.0. The minimum Gasteiger partial charge on any atom is -0.351 e. The highest BCUT2D eigenvalue weighted by molar-refractivity contribution is 6.76. The van der Waals surface area contributed by atoms with Gasteiger partial charge in [-0.15, -0.1) is 0 Å². The van der Waals surface area contributed by atoms with Gasteiger partial charge in [0, 0.05) is 20.1 Å². The monoisotopic (exact) mass is 236 g/mol. The molecule has 0 saturated heterocycles. The molecule has 0 aromatic heterocycles. The molecule has 1 unspecified atom stereocenters. The van der Waals surface area contributed by atoms with Crippen LogP contribution in [-0.2, 0) is 0 Å². The van der Waals surface area contributed by atoms with E-state index in [-0.39, 0.29) is 0 Å². The van der Waals surface area contributed by atoms with E-state index in [1.165, 1.54) is 30.9 Å². The van der Waals surface area contributed by atoms with E-state index in [0.717, 1.165) is 0 Å². The molecule has 0 heterocycles. The van der Waals surface area contributed by atoms with Crippen LogP contribution in [-0.4, -0.2) is 8.07 Å². The fourth-order valence-electron chi connectivity index (χ4n) is 1.94. The summed E-state index contributed by atoms with van der Waals surface area (Å²) in [6.07, 6.45) is 3.94. The van der Waals surface area contributed by atoms with Gasteiger partial charge in [0.05, 0.1) is 0 Å². The lowest BCUT2D eigenvalue weighted by Gasteiger charge is -2.15. The number of benzene rings is 1. The van der Waals surface area contributed by atoms with Crippen LogP contribution in [0.5, 0.6) is 0 Å². The Bertz CT molecular complexity index is 289. The molecular formula is C14H26NSi+. The number of hydrogen-bond donors (Lipinski definition) is 1. The Balaban J connectivity index is 2.24. The Kier molecular flexibility index (Phi) is 5.23. The van der Waals surface area contributed by atoms with E-state index >= 15 is 0 Å². The lowest BCUT2D eigenvalue weighted by molar-refractivity contribution is -0.428. The second-order valence-electron chi connectivity index (χ2n) is 5.91. The molecule has 0 amide bonds. The van der Waals surface area contributed by atoms with Crippen molar-refractivity contribution < 1.29 is 5.73 Å². The number of unbranched alkanes of at least 4 members (excludes halogenated alkanes) is 1. The largest absolute Gasteiger partial charge is 0.351 e. The molecule has 90 valence electrons. The van der Waals surface area contributed by atoms with Crippen molar-refractivity contribution in [3.63, 3.8) is 0 Å². The third kappa shape index (κ3) is 5.47. The molecule has 0 bridgehead atoms. The highest BCUT2D eigenvalue weighted by Crippen LogP contribution is 2.18. The molecule has 1 nitrogen and oxygen atoms in total. The van der Waals surface area contributed by atoms with E-state index in [4.69, 9.17) is 0 Å². The molecule has 3 N–H and O–H groups in total. The van der Waals surface area contributed by atoms with Crippen molar-refractivity contribution >= 4 is 8.07 Å². The molecule has 0 fully saturated rings. The second-order valence-corrected chi connectivity index (χ2v) is 11.5. The first-order chi connectivity index (χ1) is 7.49. The number of hydrogen-bond acceptors (Lipinski definition) is 0. The first kappa shape index (κ1) is 13.5. The fraction of sp³-hybridized carbons (Fsp3) is 0.571. The van der Waals surface area contributed by atoms with Gasteiger partial charge in [-0.2, -0.15) is 0 Å². The summed E-state index contributed by atoms with van der Waals surface area (Å²) in [4.78, 5) is 0. The third-order valence-electron chi connectivity index (χ3n) is 3.00. The topological polar surface area (TPSA) is 27.6 Å². The molecule has 0 aliphatic rings. The van der Waals surface area contributed by atoms with Gasteiger partial charge in [0.15, 0.2) is 0 Å². The van der Waals surface area contributed by atoms with Crippen molar-refractivity contribution in [1.82, 2.24) is 0 Å². The summed E-state index contributed by atoms with van der Waals surface area (Å²) in [7, 11) is -0.829. The minimum atomic E-state index is -0.829. The Labute approximate surface area is 101 Å². The first-order valence-electron chi connectivity index (χ1n) is 6.37. The van der Waals surface area contributed by atoms with Gasteiger partial charge in [0.2, 0.25) is 0 Å². The maximum atomic E-state index is 4.25. The fourth-order valence-corrected chi connectivity index (χ4v) is 3.25. The van der Waals surface area contributed by atoms with Crippen LogP contribution in [0, 0.1) is 0 Å². The minimum absolute atomic E-state index is 0.475. The van der Waals surface area contributed by atoms with Gasteiger partial charge >= 0.3 is 0 Å². The van der Waals surface area contributed by atoms with E-state index in [1.807, 2.05) is 0 Å². The molecule has 1 rings (SSSR count). The van der Waals surface area contributed by atoms with Crippen molar-refractivity contribution in [1.29, 1.82) is 0 Å². The summed E-state index contributed by atoms with van der Waals surface area (Å²) in [6, 6.07) is 12.6. The summed E-state index contributed by atoms with van der Waals surface area (Å²) >= 11 is 0. The van der Waals surface area contributed by atoms with Crippen molar-refractivity contribution in [2.45, 2.75) is 51.0 Å². The van der Waals surface area contributed by atoms with Gasteiger partial charge in [-0.05, 0) is 6.42 Å². The Morgan fingerprint density at radius 2 is 1.69 bits per heavy atom. The van der Waals surface area contributed by atoms with Crippen LogP contribution in [0.1, 0.15) is 30.9 Å². The molecule has 1 atom stereocenters. The molecule has 0 spiro atoms. The molecule has 0 aliphatic heterocycles. The average Bonchev–Trinajstić information content (AvgIpc) is 2.24. The highest BCUT2D eigenvalue weighted by atomic mass is 28.3. The van der Waals surface area contributed by atoms with Gasteiger partial charge in [-0.1, -0.05) is 62.4 Å². The summed E-state index contributed by atoms with van der Waals surface area (Å²) in [5.74, 6) is 0. The van der Waals surface area contributed by atoms with Crippen LogP contribution in [0.3, 0.4) is 0 Å². The van der Waals surface area contributed by atoms with Crippen LogP contribution in [0.2, 0.25) is 25.7 Å². The summed E-state index contributed by atoms with van der Waals surface area (Å²) < 4.78 is 0. The quantitative estimate of drug-likeness (QED) is 0.578. The maximum absolute atomic E-state index is 4.25. The van der Waals surface area contributed by atoms with E-state index in [9.17, 15) is 0 Å². The molecule has 0 radical (unpaired) electrons. The second kappa shape index (κ2) is 6.21. The molecule has 0 aliphatic carbocycles. The normalized spacial score (nSPS) is 13.8. The van der Waals surface area contributed by atoms with E-state index in [2.05, 4.69) is 55.7 Å². The third-order valence-corrected chi connectivity index (χ3v) is 4.85. The van der Waals surface area contributed by atoms with E-state index in [0.29, 0.717) is 6.04 Å². The zero-order valence-electron chi connectivity index (χ0n) is 11.0. The van der Waals surface area contributed by atoms with Crippen molar-refractivity contribution in [3.8, 4) is 0 Å². The number of rotatable bonds is 6. The summed E-state index contributed by atoms with van der Waals surface area (Å²) in [6.45, 7) is 7.35.